The fourth-order valence-corrected chi connectivity index (χ4v) is 2.94. The number of aliphatic hydroxyl groups excluding tert-OH is 1. The Kier molecular flexibility index (Phi) is 14.0. The van der Waals surface area contributed by atoms with Gasteiger partial charge in [0.25, 0.3) is 0 Å². The van der Waals surface area contributed by atoms with E-state index >= 15 is 0 Å². The number of hydrogen-bond donors (Lipinski definition) is 1. The molecule has 1 atom stereocenters. The monoisotopic (exact) mass is 358 g/mol. The van der Waals surface area contributed by atoms with Gasteiger partial charge in [0.05, 0.1) is 6.61 Å². The predicted octanol–water partition coefficient (Wildman–Crippen LogP) is 7.71. The third kappa shape index (κ3) is 13.9. The third-order valence-electron chi connectivity index (χ3n) is 4.85. The van der Waals surface area contributed by atoms with E-state index in [9.17, 15) is 0 Å². The Morgan fingerprint density at radius 3 is 1.92 bits per heavy atom. The number of allylic oxidation sites excluding steroid dienone is 8. The molecule has 0 rings (SSSR count). The maximum atomic E-state index is 8.96. The van der Waals surface area contributed by atoms with Gasteiger partial charge in [0.2, 0.25) is 0 Å². The molecule has 148 valence electrons. The highest BCUT2D eigenvalue weighted by Gasteiger charge is 2.10. The topological polar surface area (TPSA) is 20.2 Å². The summed E-state index contributed by atoms with van der Waals surface area (Å²) in [6, 6.07) is 0. The van der Waals surface area contributed by atoms with Crippen molar-refractivity contribution in [2.75, 3.05) is 6.61 Å². The van der Waals surface area contributed by atoms with Gasteiger partial charge in [-0.05, 0) is 92.4 Å². The summed E-state index contributed by atoms with van der Waals surface area (Å²) in [6.45, 7) is 17.3. The lowest BCUT2D eigenvalue weighted by molar-refractivity contribution is 0.341. The van der Waals surface area contributed by atoms with E-state index in [4.69, 9.17) is 5.11 Å². The van der Waals surface area contributed by atoms with Crippen LogP contribution in [0.2, 0.25) is 0 Å². The van der Waals surface area contributed by atoms with E-state index in [0.29, 0.717) is 5.92 Å². The molecule has 0 spiro atoms. The molecule has 0 aromatic rings. The summed E-state index contributed by atoms with van der Waals surface area (Å²) in [6.07, 6.45) is 16.9. The number of hydrogen-bond acceptors (Lipinski definition) is 1. The van der Waals surface area contributed by atoms with Crippen LogP contribution in [0.1, 0.15) is 86.5 Å². The largest absolute Gasteiger partial charge is 0.392 e. The lowest BCUT2D eigenvalue weighted by atomic mass is 9.88. The van der Waals surface area contributed by atoms with Crippen molar-refractivity contribution in [3.63, 3.8) is 0 Å². The van der Waals surface area contributed by atoms with Gasteiger partial charge in [-0.25, -0.2) is 0 Å². The summed E-state index contributed by atoms with van der Waals surface area (Å²) in [7, 11) is 0. The first kappa shape index (κ1) is 24.7. The molecule has 0 fully saturated rings. The Morgan fingerprint density at radius 2 is 1.38 bits per heavy atom. The van der Waals surface area contributed by atoms with E-state index in [-0.39, 0.29) is 6.61 Å². The van der Waals surface area contributed by atoms with Crippen LogP contribution in [0.15, 0.2) is 58.7 Å². The first-order chi connectivity index (χ1) is 12.3. The van der Waals surface area contributed by atoms with Crippen molar-refractivity contribution in [1.29, 1.82) is 0 Å². The molecule has 1 heteroatoms. The van der Waals surface area contributed by atoms with Crippen molar-refractivity contribution in [3.05, 3.63) is 58.7 Å². The molecule has 0 aliphatic heterocycles. The second-order valence-corrected chi connectivity index (χ2v) is 8.02. The SMILES string of the molecule is C=C(C)CCC(C/C=C(\C)CCC=C(C)C)C(C)=CCC/C(C)=C/CO. The van der Waals surface area contributed by atoms with Crippen LogP contribution >= 0.6 is 0 Å². The van der Waals surface area contributed by atoms with Gasteiger partial charge in [-0.1, -0.05) is 52.2 Å². The highest BCUT2D eigenvalue weighted by Crippen LogP contribution is 2.25. The van der Waals surface area contributed by atoms with E-state index in [0.717, 1.165) is 38.5 Å². The van der Waals surface area contributed by atoms with Gasteiger partial charge in [0.1, 0.15) is 0 Å². The molecule has 0 aliphatic carbocycles. The van der Waals surface area contributed by atoms with Gasteiger partial charge in [0.15, 0.2) is 0 Å². The number of aliphatic hydroxyl groups is 1. The van der Waals surface area contributed by atoms with Crippen LogP contribution in [0, 0.1) is 5.92 Å². The summed E-state index contributed by atoms with van der Waals surface area (Å²) >= 11 is 0. The Labute approximate surface area is 163 Å². The molecule has 26 heavy (non-hydrogen) atoms. The molecule has 1 N–H and O–H groups in total. The molecule has 0 aliphatic rings. The maximum Gasteiger partial charge on any atom is 0.0614 e. The smallest absolute Gasteiger partial charge is 0.0614 e. The molecule has 0 aromatic carbocycles. The van der Waals surface area contributed by atoms with Crippen molar-refractivity contribution in [1.82, 2.24) is 0 Å². The molecular formula is C25H42O. The second kappa shape index (κ2) is 14.8. The van der Waals surface area contributed by atoms with Crippen LogP contribution < -0.4 is 0 Å². The normalized spacial score (nSPS) is 14.3. The van der Waals surface area contributed by atoms with E-state index < -0.39 is 0 Å². The maximum absolute atomic E-state index is 8.96. The van der Waals surface area contributed by atoms with Crippen molar-refractivity contribution in [3.8, 4) is 0 Å². The van der Waals surface area contributed by atoms with Crippen molar-refractivity contribution in [2.24, 2.45) is 5.92 Å². The Hall–Kier alpha value is -1.34. The van der Waals surface area contributed by atoms with Gasteiger partial charge >= 0.3 is 0 Å². The summed E-state index contributed by atoms with van der Waals surface area (Å²) in [5.41, 5.74) is 6.94. The summed E-state index contributed by atoms with van der Waals surface area (Å²) in [4.78, 5) is 0. The molecule has 0 aromatic heterocycles. The van der Waals surface area contributed by atoms with Crippen molar-refractivity contribution < 1.29 is 5.11 Å². The van der Waals surface area contributed by atoms with Gasteiger partial charge < -0.3 is 5.11 Å². The van der Waals surface area contributed by atoms with Crippen LogP contribution in [0.5, 0.6) is 0 Å². The first-order valence-corrected chi connectivity index (χ1v) is 10.1. The Morgan fingerprint density at radius 1 is 0.808 bits per heavy atom. The van der Waals surface area contributed by atoms with Crippen LogP contribution in [-0.4, -0.2) is 11.7 Å². The second-order valence-electron chi connectivity index (χ2n) is 8.02. The van der Waals surface area contributed by atoms with Crippen LogP contribution in [0.3, 0.4) is 0 Å². The molecule has 0 saturated heterocycles. The summed E-state index contributed by atoms with van der Waals surface area (Å²) < 4.78 is 0. The lowest BCUT2D eigenvalue weighted by Gasteiger charge is -2.17. The lowest BCUT2D eigenvalue weighted by Crippen LogP contribution is -2.02. The minimum absolute atomic E-state index is 0.145. The van der Waals surface area contributed by atoms with Crippen LogP contribution in [-0.2, 0) is 0 Å². The molecule has 0 saturated carbocycles. The minimum atomic E-state index is 0.145. The van der Waals surface area contributed by atoms with Crippen molar-refractivity contribution >= 4 is 0 Å². The van der Waals surface area contributed by atoms with Crippen molar-refractivity contribution in [2.45, 2.75) is 86.5 Å². The van der Waals surface area contributed by atoms with Gasteiger partial charge in [0, 0.05) is 0 Å². The molecule has 1 unspecified atom stereocenters. The highest BCUT2D eigenvalue weighted by molar-refractivity contribution is 5.11. The average molecular weight is 359 g/mol. The number of rotatable bonds is 13. The fraction of sp³-hybridized carbons (Fsp3) is 0.600. The molecule has 0 bridgehead atoms. The van der Waals surface area contributed by atoms with E-state index in [2.05, 4.69) is 66.3 Å². The van der Waals surface area contributed by atoms with E-state index in [1.807, 2.05) is 6.08 Å². The molecular weight excluding hydrogens is 316 g/mol. The highest BCUT2D eigenvalue weighted by atomic mass is 16.2. The van der Waals surface area contributed by atoms with Gasteiger partial charge in [-0.3, -0.25) is 0 Å². The minimum Gasteiger partial charge on any atom is -0.392 e. The van der Waals surface area contributed by atoms with Crippen LogP contribution in [0.25, 0.3) is 0 Å². The Balaban J connectivity index is 4.78. The predicted molar refractivity (Wildman–Crippen MR) is 118 cm³/mol. The summed E-state index contributed by atoms with van der Waals surface area (Å²) in [5, 5.41) is 8.96. The quantitative estimate of drug-likeness (QED) is 0.334. The molecule has 1 nitrogen and oxygen atoms in total. The third-order valence-corrected chi connectivity index (χ3v) is 4.85. The van der Waals surface area contributed by atoms with E-state index in [1.165, 1.54) is 34.3 Å². The molecule has 0 heterocycles. The standard InChI is InChI=1S/C25H42O/c1-20(2)10-8-11-22(5)15-17-25(16-14-21(3)4)24(7)13-9-12-23(6)18-19-26/h10,13,15,18,25-26H,3,8-9,11-12,14,16-17,19H2,1-2,4-7H3/b22-15+,23-18+,24-13?. The zero-order chi connectivity index (χ0) is 19.9. The fourth-order valence-electron chi connectivity index (χ4n) is 2.94. The Bertz CT molecular complexity index is 524. The molecule has 0 radical (unpaired) electrons. The van der Waals surface area contributed by atoms with Gasteiger partial charge in [-0.15, -0.1) is 6.58 Å². The summed E-state index contributed by atoms with van der Waals surface area (Å²) in [5.74, 6) is 0.604. The van der Waals surface area contributed by atoms with Gasteiger partial charge in [-0.2, -0.15) is 0 Å². The average Bonchev–Trinajstić information content (AvgIpc) is 2.54. The molecule has 0 amide bonds. The van der Waals surface area contributed by atoms with Crippen LogP contribution in [0.4, 0.5) is 0 Å². The zero-order valence-electron chi connectivity index (χ0n) is 18.2. The first-order valence-electron chi connectivity index (χ1n) is 10.1. The van der Waals surface area contributed by atoms with E-state index in [1.54, 1.807) is 0 Å². The zero-order valence-corrected chi connectivity index (χ0v) is 18.2.